The van der Waals surface area contributed by atoms with Crippen LogP contribution in [0, 0.1) is 6.92 Å². The van der Waals surface area contributed by atoms with Crippen LogP contribution in [0.5, 0.6) is 11.5 Å². The number of rotatable bonds is 5. The predicted octanol–water partition coefficient (Wildman–Crippen LogP) is 4.45. The van der Waals surface area contributed by atoms with E-state index < -0.39 is 0 Å². The number of hydrogen-bond donors (Lipinski definition) is 1. The quantitative estimate of drug-likeness (QED) is 0.698. The van der Waals surface area contributed by atoms with E-state index >= 15 is 0 Å². The number of aromatic nitrogens is 2. The summed E-state index contributed by atoms with van der Waals surface area (Å²) in [4.78, 5) is 12.5. The normalized spacial score (nSPS) is 15.8. The van der Waals surface area contributed by atoms with Gasteiger partial charge in [0.05, 0.1) is 25.1 Å². The van der Waals surface area contributed by atoms with E-state index in [1.807, 2.05) is 69.4 Å². The summed E-state index contributed by atoms with van der Waals surface area (Å²) >= 11 is 0. The first-order chi connectivity index (χ1) is 14.0. The van der Waals surface area contributed by atoms with E-state index in [2.05, 4.69) is 10.4 Å². The van der Waals surface area contributed by atoms with Crippen LogP contribution in [0.2, 0.25) is 0 Å². The largest absolute Gasteiger partial charge is 0.493 e. The Balaban J connectivity index is 1.74. The minimum Gasteiger partial charge on any atom is -0.493 e. The second-order valence-corrected chi connectivity index (χ2v) is 7.58. The van der Waals surface area contributed by atoms with Crippen molar-refractivity contribution in [1.29, 1.82) is 0 Å². The molecule has 0 saturated heterocycles. The molecule has 1 N–H and O–H groups in total. The third-order valence-corrected chi connectivity index (χ3v) is 5.05. The molecule has 1 aliphatic heterocycles. The number of carbonyl (C=O) groups is 1. The SMILES string of the molecule is COc1cc([C@@H]2CC(=O)Nc3c2cnn3-c2ccc(C)cc2)ccc1OC(C)C. The van der Waals surface area contributed by atoms with Crippen molar-refractivity contribution in [3.05, 3.63) is 65.4 Å². The maximum absolute atomic E-state index is 12.5. The first-order valence-electron chi connectivity index (χ1n) is 9.75. The van der Waals surface area contributed by atoms with Gasteiger partial charge >= 0.3 is 0 Å². The second kappa shape index (κ2) is 7.62. The average Bonchev–Trinajstić information content (AvgIpc) is 3.11. The van der Waals surface area contributed by atoms with E-state index in [1.165, 1.54) is 5.56 Å². The van der Waals surface area contributed by atoms with Gasteiger partial charge in [-0.2, -0.15) is 5.10 Å². The lowest BCUT2D eigenvalue weighted by Crippen LogP contribution is -2.24. The molecule has 1 amide bonds. The number of ether oxygens (including phenoxy) is 2. The third-order valence-electron chi connectivity index (χ3n) is 5.05. The molecule has 1 aromatic heterocycles. The molecule has 150 valence electrons. The van der Waals surface area contributed by atoms with Crippen molar-refractivity contribution < 1.29 is 14.3 Å². The van der Waals surface area contributed by atoms with Crippen LogP contribution in [0.4, 0.5) is 5.82 Å². The number of nitrogens with one attached hydrogen (secondary N) is 1. The molecule has 0 bridgehead atoms. The van der Waals surface area contributed by atoms with Crippen LogP contribution in [0.25, 0.3) is 5.69 Å². The van der Waals surface area contributed by atoms with Crippen LogP contribution < -0.4 is 14.8 Å². The Kier molecular flexibility index (Phi) is 5.01. The first kappa shape index (κ1) is 19.1. The fraction of sp³-hybridized carbons (Fsp3) is 0.304. The highest BCUT2D eigenvalue weighted by molar-refractivity contribution is 5.94. The number of carbonyl (C=O) groups excluding carboxylic acids is 1. The zero-order chi connectivity index (χ0) is 20.5. The van der Waals surface area contributed by atoms with Gasteiger partial charge in [-0.1, -0.05) is 23.8 Å². The van der Waals surface area contributed by atoms with Crippen LogP contribution in [-0.4, -0.2) is 28.9 Å². The van der Waals surface area contributed by atoms with Crippen molar-refractivity contribution in [1.82, 2.24) is 9.78 Å². The molecule has 0 spiro atoms. The van der Waals surface area contributed by atoms with Gasteiger partial charge < -0.3 is 14.8 Å². The van der Waals surface area contributed by atoms with Crippen molar-refractivity contribution >= 4 is 11.7 Å². The molecule has 6 heteroatoms. The van der Waals surface area contributed by atoms with Crippen molar-refractivity contribution in [3.63, 3.8) is 0 Å². The maximum Gasteiger partial charge on any atom is 0.226 e. The summed E-state index contributed by atoms with van der Waals surface area (Å²) in [6, 6.07) is 13.9. The lowest BCUT2D eigenvalue weighted by Gasteiger charge is -2.24. The maximum atomic E-state index is 12.5. The van der Waals surface area contributed by atoms with Gasteiger partial charge in [-0.15, -0.1) is 0 Å². The van der Waals surface area contributed by atoms with E-state index in [9.17, 15) is 4.79 Å². The van der Waals surface area contributed by atoms with Crippen molar-refractivity contribution in [3.8, 4) is 17.2 Å². The highest BCUT2D eigenvalue weighted by atomic mass is 16.5. The molecule has 3 aromatic rings. The predicted molar refractivity (Wildman–Crippen MR) is 112 cm³/mol. The van der Waals surface area contributed by atoms with E-state index in [1.54, 1.807) is 11.8 Å². The van der Waals surface area contributed by atoms with Crippen molar-refractivity contribution in [2.45, 2.75) is 39.2 Å². The van der Waals surface area contributed by atoms with Gasteiger partial charge in [-0.05, 0) is 50.6 Å². The zero-order valence-electron chi connectivity index (χ0n) is 17.1. The van der Waals surface area contributed by atoms with Gasteiger partial charge in [-0.25, -0.2) is 4.68 Å². The molecule has 0 aliphatic carbocycles. The Labute approximate surface area is 170 Å². The number of nitrogens with zero attached hydrogens (tertiary/aromatic N) is 2. The molecule has 0 saturated carbocycles. The Morgan fingerprint density at radius 1 is 1.14 bits per heavy atom. The monoisotopic (exact) mass is 391 g/mol. The van der Waals surface area contributed by atoms with E-state index in [0.29, 0.717) is 17.9 Å². The molecule has 6 nitrogen and oxygen atoms in total. The smallest absolute Gasteiger partial charge is 0.226 e. The van der Waals surface area contributed by atoms with Crippen LogP contribution in [-0.2, 0) is 4.79 Å². The Morgan fingerprint density at radius 3 is 2.59 bits per heavy atom. The Bertz CT molecular complexity index is 1040. The fourth-order valence-corrected chi connectivity index (χ4v) is 3.65. The lowest BCUT2D eigenvalue weighted by molar-refractivity contribution is -0.116. The van der Waals surface area contributed by atoms with Gasteiger partial charge in [-0.3, -0.25) is 4.79 Å². The summed E-state index contributed by atoms with van der Waals surface area (Å²) in [5.74, 6) is 1.95. The minimum absolute atomic E-state index is 0.0298. The number of benzene rings is 2. The lowest BCUT2D eigenvalue weighted by atomic mass is 9.87. The topological polar surface area (TPSA) is 65.4 Å². The van der Waals surface area contributed by atoms with Gasteiger partial charge in [0, 0.05) is 17.9 Å². The summed E-state index contributed by atoms with van der Waals surface area (Å²) < 4.78 is 13.1. The highest BCUT2D eigenvalue weighted by Crippen LogP contribution is 2.41. The standard InChI is InChI=1S/C23H25N3O3/c1-14(2)29-20-10-7-16(11-21(20)28-4)18-12-22(27)25-23-19(18)13-24-26(23)17-8-5-15(3)6-9-17/h5-11,13-14,18H,12H2,1-4H3,(H,25,27)/t18-/m0/s1. The molecule has 4 rings (SSSR count). The fourth-order valence-electron chi connectivity index (χ4n) is 3.65. The molecule has 0 radical (unpaired) electrons. The summed E-state index contributed by atoms with van der Waals surface area (Å²) in [6.45, 7) is 6.00. The Morgan fingerprint density at radius 2 is 1.90 bits per heavy atom. The molecule has 1 aliphatic rings. The second-order valence-electron chi connectivity index (χ2n) is 7.58. The van der Waals surface area contributed by atoms with E-state index in [-0.39, 0.29) is 17.9 Å². The van der Waals surface area contributed by atoms with Gasteiger partial charge in [0.25, 0.3) is 0 Å². The molecule has 0 fully saturated rings. The summed E-state index contributed by atoms with van der Waals surface area (Å²) in [5.41, 5.74) is 4.07. The zero-order valence-corrected chi connectivity index (χ0v) is 17.1. The number of amides is 1. The minimum atomic E-state index is -0.0973. The van der Waals surface area contributed by atoms with Crippen LogP contribution in [0.15, 0.2) is 48.7 Å². The molecule has 2 aromatic carbocycles. The molecular formula is C23H25N3O3. The average molecular weight is 391 g/mol. The first-order valence-corrected chi connectivity index (χ1v) is 9.75. The van der Waals surface area contributed by atoms with E-state index in [0.717, 1.165) is 22.6 Å². The summed E-state index contributed by atoms with van der Waals surface area (Å²) in [7, 11) is 1.63. The third kappa shape index (κ3) is 3.70. The number of hydrogen-bond acceptors (Lipinski definition) is 4. The number of aryl methyl sites for hydroxylation is 1. The molecular weight excluding hydrogens is 366 g/mol. The number of methoxy groups -OCH3 is 1. The van der Waals surface area contributed by atoms with Gasteiger partial charge in [0.2, 0.25) is 5.91 Å². The highest BCUT2D eigenvalue weighted by Gasteiger charge is 2.31. The summed E-state index contributed by atoms with van der Waals surface area (Å²) in [5, 5.41) is 7.55. The van der Waals surface area contributed by atoms with Crippen LogP contribution >= 0.6 is 0 Å². The van der Waals surface area contributed by atoms with Crippen LogP contribution in [0.1, 0.15) is 42.9 Å². The van der Waals surface area contributed by atoms with Crippen LogP contribution in [0.3, 0.4) is 0 Å². The summed E-state index contributed by atoms with van der Waals surface area (Å²) in [6.07, 6.45) is 2.25. The molecule has 1 atom stereocenters. The van der Waals surface area contributed by atoms with Crippen molar-refractivity contribution in [2.24, 2.45) is 0 Å². The Hall–Kier alpha value is -3.28. The van der Waals surface area contributed by atoms with E-state index in [4.69, 9.17) is 9.47 Å². The molecule has 29 heavy (non-hydrogen) atoms. The van der Waals surface area contributed by atoms with Crippen molar-refractivity contribution in [2.75, 3.05) is 12.4 Å². The molecule has 2 heterocycles. The molecule has 0 unspecified atom stereocenters. The van der Waals surface area contributed by atoms with Gasteiger partial charge in [0.1, 0.15) is 5.82 Å². The number of anilines is 1. The van der Waals surface area contributed by atoms with Gasteiger partial charge in [0.15, 0.2) is 11.5 Å². The number of fused-ring (bicyclic) bond motifs is 1.